The van der Waals surface area contributed by atoms with Gasteiger partial charge in [0.2, 0.25) is 11.9 Å². The fraction of sp³-hybridized carbons (Fsp3) is 0.294. The lowest BCUT2D eigenvalue weighted by molar-refractivity contribution is -0.117. The van der Waals surface area contributed by atoms with Crippen molar-refractivity contribution in [2.24, 2.45) is 0 Å². The van der Waals surface area contributed by atoms with Gasteiger partial charge in [-0.15, -0.1) is 0 Å². The summed E-state index contributed by atoms with van der Waals surface area (Å²) in [5, 5.41) is 2.57. The molecule has 0 bridgehead atoms. The zero-order valence-electron chi connectivity index (χ0n) is 13.1. The van der Waals surface area contributed by atoms with E-state index in [2.05, 4.69) is 31.2 Å². The van der Waals surface area contributed by atoms with Crippen molar-refractivity contribution in [1.29, 1.82) is 0 Å². The SMILES string of the molecule is O=C(CN1CC2(CC2)c2c(ccc(Br)c2F)C1=O)Nc1ncccn1. The van der Waals surface area contributed by atoms with Gasteiger partial charge in [-0.2, -0.15) is 0 Å². The van der Waals surface area contributed by atoms with Crippen molar-refractivity contribution in [1.82, 2.24) is 14.9 Å². The summed E-state index contributed by atoms with van der Waals surface area (Å²) in [5.74, 6) is -0.891. The van der Waals surface area contributed by atoms with Gasteiger partial charge in [0, 0.05) is 35.5 Å². The van der Waals surface area contributed by atoms with E-state index in [1.165, 1.54) is 23.4 Å². The first kappa shape index (κ1) is 16.1. The molecule has 2 aromatic rings. The Balaban J connectivity index is 1.57. The largest absolute Gasteiger partial charge is 0.328 e. The second-order valence-electron chi connectivity index (χ2n) is 6.35. The number of rotatable bonds is 3. The van der Waals surface area contributed by atoms with Crippen molar-refractivity contribution < 1.29 is 14.0 Å². The molecule has 0 unspecified atom stereocenters. The van der Waals surface area contributed by atoms with Crippen LogP contribution in [-0.2, 0) is 10.2 Å². The number of nitrogens with one attached hydrogen (secondary N) is 1. The fourth-order valence-electron chi connectivity index (χ4n) is 3.32. The molecule has 0 atom stereocenters. The van der Waals surface area contributed by atoms with Gasteiger partial charge in [0.1, 0.15) is 12.4 Å². The van der Waals surface area contributed by atoms with E-state index in [0.717, 1.165) is 12.8 Å². The molecule has 1 N–H and O–H groups in total. The van der Waals surface area contributed by atoms with Crippen LogP contribution in [0.3, 0.4) is 0 Å². The first-order chi connectivity index (χ1) is 12.0. The molecule has 2 heterocycles. The van der Waals surface area contributed by atoms with E-state index in [1.807, 2.05) is 0 Å². The van der Waals surface area contributed by atoms with Crippen LogP contribution in [-0.4, -0.2) is 39.8 Å². The third-order valence-electron chi connectivity index (χ3n) is 4.64. The first-order valence-electron chi connectivity index (χ1n) is 7.85. The number of amides is 2. The molecule has 0 radical (unpaired) electrons. The molecule has 6 nitrogen and oxygen atoms in total. The predicted octanol–water partition coefficient (Wildman–Crippen LogP) is 2.50. The van der Waals surface area contributed by atoms with Crippen LogP contribution < -0.4 is 5.32 Å². The van der Waals surface area contributed by atoms with Gasteiger partial charge in [0.25, 0.3) is 5.91 Å². The number of aromatic nitrogens is 2. The topological polar surface area (TPSA) is 75.2 Å². The summed E-state index contributed by atoms with van der Waals surface area (Å²) in [6.45, 7) is 0.227. The Morgan fingerprint density at radius 1 is 1.32 bits per heavy atom. The van der Waals surface area contributed by atoms with Crippen molar-refractivity contribution in [3.8, 4) is 0 Å². The molecule has 128 valence electrons. The van der Waals surface area contributed by atoms with E-state index >= 15 is 0 Å². The van der Waals surface area contributed by atoms with Crippen molar-refractivity contribution in [2.45, 2.75) is 18.3 Å². The lowest BCUT2D eigenvalue weighted by Crippen LogP contribution is -2.47. The maximum atomic E-state index is 14.6. The Hall–Kier alpha value is -2.35. The van der Waals surface area contributed by atoms with E-state index in [4.69, 9.17) is 0 Å². The minimum absolute atomic E-state index is 0.115. The number of anilines is 1. The van der Waals surface area contributed by atoms with Crippen LogP contribution >= 0.6 is 15.9 Å². The number of nitrogens with zero attached hydrogens (tertiary/aromatic N) is 3. The van der Waals surface area contributed by atoms with Crippen LogP contribution in [0.15, 0.2) is 35.1 Å². The summed E-state index contributed by atoms with van der Waals surface area (Å²) in [5.41, 5.74) is 0.448. The van der Waals surface area contributed by atoms with Gasteiger partial charge in [-0.3, -0.25) is 14.9 Å². The monoisotopic (exact) mass is 404 g/mol. The summed E-state index contributed by atoms with van der Waals surface area (Å²) in [4.78, 5) is 34.3. The Morgan fingerprint density at radius 2 is 2.04 bits per heavy atom. The van der Waals surface area contributed by atoms with E-state index in [9.17, 15) is 14.0 Å². The molecule has 1 aliphatic carbocycles. The number of hydrogen-bond acceptors (Lipinski definition) is 4. The maximum absolute atomic E-state index is 14.6. The second kappa shape index (κ2) is 5.87. The van der Waals surface area contributed by atoms with E-state index in [-0.39, 0.29) is 35.5 Å². The average molecular weight is 405 g/mol. The number of carbonyl (C=O) groups excluding carboxylic acids is 2. The molecule has 2 amide bonds. The third-order valence-corrected chi connectivity index (χ3v) is 5.25. The smallest absolute Gasteiger partial charge is 0.254 e. The number of halogens is 2. The first-order valence-corrected chi connectivity index (χ1v) is 8.64. The highest BCUT2D eigenvalue weighted by atomic mass is 79.9. The predicted molar refractivity (Wildman–Crippen MR) is 91.6 cm³/mol. The van der Waals surface area contributed by atoms with Crippen LogP contribution in [0.1, 0.15) is 28.8 Å². The average Bonchev–Trinajstić information content (AvgIpc) is 3.36. The normalized spacial score (nSPS) is 17.4. The van der Waals surface area contributed by atoms with Crippen molar-refractivity contribution in [2.75, 3.05) is 18.4 Å². The Bertz CT molecular complexity index is 870. The second-order valence-corrected chi connectivity index (χ2v) is 7.20. The van der Waals surface area contributed by atoms with Crippen LogP contribution in [0.5, 0.6) is 0 Å². The molecular formula is C17H14BrFN4O2. The van der Waals surface area contributed by atoms with Crippen LogP contribution in [0.4, 0.5) is 10.3 Å². The van der Waals surface area contributed by atoms with Gasteiger partial charge < -0.3 is 4.90 Å². The summed E-state index contributed by atoms with van der Waals surface area (Å²) >= 11 is 3.19. The molecule has 1 spiro atoms. The Morgan fingerprint density at radius 3 is 2.72 bits per heavy atom. The molecular weight excluding hydrogens is 391 g/mol. The van der Waals surface area contributed by atoms with E-state index in [1.54, 1.807) is 12.1 Å². The van der Waals surface area contributed by atoms with Crippen LogP contribution in [0.2, 0.25) is 0 Å². The molecule has 1 aromatic carbocycles. The highest BCUT2D eigenvalue weighted by molar-refractivity contribution is 9.10. The van der Waals surface area contributed by atoms with Gasteiger partial charge in [-0.1, -0.05) is 0 Å². The molecule has 0 saturated heterocycles. The standard InChI is InChI=1S/C17H14BrFN4O2/c18-11-3-2-10-13(14(11)19)17(4-5-17)9-23(15(10)25)8-12(24)22-16-20-6-1-7-21-16/h1-3,6-7H,4-5,8-9H2,(H,20,21,22,24). The molecule has 1 aromatic heterocycles. The van der Waals surface area contributed by atoms with Gasteiger partial charge in [-0.05, 0) is 47.0 Å². The molecule has 1 aliphatic heterocycles. The summed E-state index contributed by atoms with van der Waals surface area (Å²) in [6, 6.07) is 4.79. The Labute approximate surface area is 151 Å². The van der Waals surface area contributed by atoms with Gasteiger partial charge in [0.15, 0.2) is 0 Å². The van der Waals surface area contributed by atoms with E-state index < -0.39 is 0 Å². The Kier molecular flexibility index (Phi) is 3.79. The lowest BCUT2D eigenvalue weighted by atomic mass is 9.86. The van der Waals surface area contributed by atoms with Crippen molar-refractivity contribution >= 4 is 33.7 Å². The fourth-order valence-corrected chi connectivity index (χ4v) is 3.65. The minimum Gasteiger partial charge on any atom is -0.328 e. The molecule has 1 fully saturated rings. The summed E-state index contributed by atoms with van der Waals surface area (Å²) < 4.78 is 14.9. The summed E-state index contributed by atoms with van der Waals surface area (Å²) in [7, 11) is 0. The molecule has 2 aliphatic rings. The zero-order chi connectivity index (χ0) is 17.6. The highest BCUT2D eigenvalue weighted by Gasteiger charge is 2.53. The quantitative estimate of drug-likeness (QED) is 0.852. The lowest BCUT2D eigenvalue weighted by Gasteiger charge is -2.34. The van der Waals surface area contributed by atoms with Gasteiger partial charge >= 0.3 is 0 Å². The number of benzene rings is 1. The third kappa shape index (κ3) is 2.80. The van der Waals surface area contributed by atoms with E-state index in [0.29, 0.717) is 22.1 Å². The molecule has 1 saturated carbocycles. The van der Waals surface area contributed by atoms with Gasteiger partial charge in [-0.25, -0.2) is 14.4 Å². The number of hydrogen-bond donors (Lipinski definition) is 1. The zero-order valence-corrected chi connectivity index (χ0v) is 14.7. The molecule has 25 heavy (non-hydrogen) atoms. The van der Waals surface area contributed by atoms with Crippen LogP contribution in [0.25, 0.3) is 0 Å². The maximum Gasteiger partial charge on any atom is 0.254 e. The minimum atomic E-state index is -0.378. The van der Waals surface area contributed by atoms with Gasteiger partial charge in [0.05, 0.1) is 4.47 Å². The number of fused-ring (bicyclic) bond motifs is 2. The highest BCUT2D eigenvalue weighted by Crippen LogP contribution is 2.53. The van der Waals surface area contributed by atoms with Crippen molar-refractivity contribution in [3.05, 3.63) is 52.0 Å². The molecule has 4 rings (SSSR count). The number of carbonyl (C=O) groups is 2. The van der Waals surface area contributed by atoms with Crippen LogP contribution in [0, 0.1) is 5.82 Å². The summed E-state index contributed by atoms with van der Waals surface area (Å²) in [6.07, 6.45) is 4.65. The molecule has 8 heteroatoms. The van der Waals surface area contributed by atoms with Crippen molar-refractivity contribution in [3.63, 3.8) is 0 Å².